The fourth-order valence-corrected chi connectivity index (χ4v) is 2.79. The normalized spacial score (nSPS) is 10.5. The maximum absolute atomic E-state index is 6.27. The SMILES string of the molecule is CCc1ccccc1Nc1ncnc(Nc2ccc(Cl)cc2C)c1N. The number of nitrogens with zero attached hydrogens (tertiary/aromatic N) is 2. The first-order chi connectivity index (χ1) is 12.1. The Labute approximate surface area is 152 Å². The molecule has 1 aromatic heterocycles. The van der Waals surface area contributed by atoms with Crippen LogP contribution in [0.4, 0.5) is 28.7 Å². The Morgan fingerprint density at radius 2 is 1.68 bits per heavy atom. The standard InChI is InChI=1S/C19H20ClN5/c1-3-13-6-4-5-7-16(13)25-19-17(21)18(22-11-23-19)24-15-9-8-14(20)10-12(15)2/h4-11H,3,21H2,1-2H3,(H2,22,23,24,25). The largest absolute Gasteiger partial charge is 0.393 e. The Morgan fingerprint density at radius 1 is 1.00 bits per heavy atom. The van der Waals surface area contributed by atoms with E-state index in [-0.39, 0.29) is 0 Å². The molecule has 0 saturated carbocycles. The molecule has 0 aliphatic carbocycles. The lowest BCUT2D eigenvalue weighted by Crippen LogP contribution is -2.06. The van der Waals surface area contributed by atoms with Crippen molar-refractivity contribution in [2.75, 3.05) is 16.4 Å². The predicted molar refractivity (Wildman–Crippen MR) is 105 cm³/mol. The molecule has 3 aromatic rings. The molecule has 6 heteroatoms. The van der Waals surface area contributed by atoms with Crippen molar-refractivity contribution in [3.8, 4) is 0 Å². The van der Waals surface area contributed by atoms with E-state index in [4.69, 9.17) is 17.3 Å². The van der Waals surface area contributed by atoms with Gasteiger partial charge in [-0.1, -0.05) is 36.7 Å². The van der Waals surface area contributed by atoms with E-state index in [0.29, 0.717) is 22.3 Å². The van der Waals surface area contributed by atoms with Crippen molar-refractivity contribution < 1.29 is 0 Å². The molecule has 0 bridgehead atoms. The highest BCUT2D eigenvalue weighted by atomic mass is 35.5. The Bertz CT molecular complexity index is 895. The molecule has 0 fully saturated rings. The van der Waals surface area contributed by atoms with E-state index >= 15 is 0 Å². The Balaban J connectivity index is 1.89. The summed E-state index contributed by atoms with van der Waals surface area (Å²) in [6, 6.07) is 13.7. The molecule has 0 atom stereocenters. The van der Waals surface area contributed by atoms with E-state index in [1.807, 2.05) is 43.3 Å². The van der Waals surface area contributed by atoms with Gasteiger partial charge in [-0.3, -0.25) is 0 Å². The van der Waals surface area contributed by atoms with Gasteiger partial charge in [-0.05, 0) is 48.7 Å². The summed E-state index contributed by atoms with van der Waals surface area (Å²) in [6.07, 6.45) is 2.41. The number of nitrogens with one attached hydrogen (secondary N) is 2. The van der Waals surface area contributed by atoms with Crippen LogP contribution in [0.1, 0.15) is 18.1 Å². The number of hydrogen-bond donors (Lipinski definition) is 3. The van der Waals surface area contributed by atoms with Gasteiger partial charge in [0.25, 0.3) is 0 Å². The van der Waals surface area contributed by atoms with Crippen molar-refractivity contribution in [1.29, 1.82) is 0 Å². The van der Waals surface area contributed by atoms with Crippen molar-refractivity contribution in [2.24, 2.45) is 0 Å². The summed E-state index contributed by atoms with van der Waals surface area (Å²) in [4.78, 5) is 8.54. The summed E-state index contributed by atoms with van der Waals surface area (Å²) in [6.45, 7) is 4.09. The van der Waals surface area contributed by atoms with Crippen LogP contribution in [0.2, 0.25) is 5.02 Å². The molecular weight excluding hydrogens is 334 g/mol. The zero-order chi connectivity index (χ0) is 17.8. The zero-order valence-corrected chi connectivity index (χ0v) is 14.9. The number of aryl methyl sites for hydroxylation is 2. The van der Waals surface area contributed by atoms with Gasteiger partial charge < -0.3 is 16.4 Å². The van der Waals surface area contributed by atoms with Gasteiger partial charge in [0.1, 0.15) is 12.0 Å². The summed E-state index contributed by atoms with van der Waals surface area (Å²) < 4.78 is 0. The smallest absolute Gasteiger partial charge is 0.159 e. The third kappa shape index (κ3) is 3.83. The van der Waals surface area contributed by atoms with Gasteiger partial charge in [-0.2, -0.15) is 0 Å². The highest BCUT2D eigenvalue weighted by Crippen LogP contribution is 2.30. The van der Waals surface area contributed by atoms with Gasteiger partial charge in [0.2, 0.25) is 0 Å². The molecule has 1 heterocycles. The number of benzene rings is 2. The van der Waals surface area contributed by atoms with E-state index in [0.717, 1.165) is 23.4 Å². The van der Waals surface area contributed by atoms with Crippen LogP contribution in [0.5, 0.6) is 0 Å². The first-order valence-corrected chi connectivity index (χ1v) is 8.45. The van der Waals surface area contributed by atoms with Gasteiger partial charge in [0, 0.05) is 16.4 Å². The maximum Gasteiger partial charge on any atom is 0.159 e. The number of hydrogen-bond acceptors (Lipinski definition) is 5. The summed E-state index contributed by atoms with van der Waals surface area (Å²) in [5, 5.41) is 7.24. The number of anilines is 5. The number of nitrogens with two attached hydrogens (primary N) is 1. The second-order valence-electron chi connectivity index (χ2n) is 5.70. The third-order valence-corrected chi connectivity index (χ3v) is 4.21. The molecule has 25 heavy (non-hydrogen) atoms. The molecule has 0 amide bonds. The lowest BCUT2D eigenvalue weighted by Gasteiger charge is -2.15. The molecule has 2 aromatic carbocycles. The zero-order valence-electron chi connectivity index (χ0n) is 14.2. The van der Waals surface area contributed by atoms with Crippen LogP contribution in [0.3, 0.4) is 0 Å². The number of nitrogen functional groups attached to an aromatic ring is 1. The fourth-order valence-electron chi connectivity index (χ4n) is 2.57. The van der Waals surface area contributed by atoms with Gasteiger partial charge in [-0.25, -0.2) is 9.97 Å². The van der Waals surface area contributed by atoms with Crippen molar-refractivity contribution >= 4 is 40.3 Å². The van der Waals surface area contributed by atoms with Crippen LogP contribution < -0.4 is 16.4 Å². The first-order valence-electron chi connectivity index (χ1n) is 8.07. The number of halogens is 1. The lowest BCUT2D eigenvalue weighted by molar-refractivity contribution is 1.13. The molecule has 5 nitrogen and oxygen atoms in total. The van der Waals surface area contributed by atoms with E-state index < -0.39 is 0 Å². The summed E-state index contributed by atoms with van der Waals surface area (Å²) in [7, 11) is 0. The molecule has 0 spiro atoms. The molecule has 128 valence electrons. The van der Waals surface area contributed by atoms with Gasteiger partial charge in [0.05, 0.1) is 0 Å². The summed E-state index contributed by atoms with van der Waals surface area (Å²) in [5.74, 6) is 1.13. The number of aromatic nitrogens is 2. The Hall–Kier alpha value is -2.79. The molecule has 0 aliphatic rings. The van der Waals surface area contributed by atoms with Gasteiger partial charge in [0.15, 0.2) is 11.6 Å². The Morgan fingerprint density at radius 3 is 2.36 bits per heavy atom. The van der Waals surface area contributed by atoms with Crippen molar-refractivity contribution in [1.82, 2.24) is 9.97 Å². The average Bonchev–Trinajstić information content (AvgIpc) is 2.61. The summed E-state index contributed by atoms with van der Waals surface area (Å²) in [5.41, 5.74) is 10.8. The molecule has 0 unspecified atom stereocenters. The third-order valence-electron chi connectivity index (χ3n) is 3.98. The van der Waals surface area contributed by atoms with Gasteiger partial charge >= 0.3 is 0 Å². The molecule has 3 rings (SSSR count). The van der Waals surface area contributed by atoms with Gasteiger partial charge in [-0.15, -0.1) is 0 Å². The molecular formula is C19H20ClN5. The summed E-state index contributed by atoms with van der Waals surface area (Å²) >= 11 is 6.01. The van der Waals surface area contributed by atoms with Crippen molar-refractivity contribution in [3.63, 3.8) is 0 Å². The second kappa shape index (κ2) is 7.40. The van der Waals surface area contributed by atoms with Crippen LogP contribution in [0.25, 0.3) is 0 Å². The highest BCUT2D eigenvalue weighted by Gasteiger charge is 2.11. The monoisotopic (exact) mass is 353 g/mol. The quantitative estimate of drug-likeness (QED) is 0.597. The van der Waals surface area contributed by atoms with E-state index in [9.17, 15) is 0 Å². The molecule has 0 radical (unpaired) electrons. The highest BCUT2D eigenvalue weighted by molar-refractivity contribution is 6.30. The molecule has 0 aliphatic heterocycles. The predicted octanol–water partition coefficient (Wildman–Crippen LogP) is 5.07. The van der Waals surface area contributed by atoms with Crippen LogP contribution >= 0.6 is 11.6 Å². The Kier molecular flexibility index (Phi) is 5.05. The second-order valence-corrected chi connectivity index (χ2v) is 6.14. The minimum absolute atomic E-state index is 0.461. The minimum atomic E-state index is 0.461. The van der Waals surface area contributed by atoms with Crippen LogP contribution in [0.15, 0.2) is 48.8 Å². The first kappa shape index (κ1) is 17.0. The fraction of sp³-hybridized carbons (Fsp3) is 0.158. The van der Waals surface area contributed by atoms with Crippen molar-refractivity contribution in [2.45, 2.75) is 20.3 Å². The lowest BCUT2D eigenvalue weighted by atomic mass is 10.1. The van der Waals surface area contributed by atoms with E-state index in [1.165, 1.54) is 11.9 Å². The van der Waals surface area contributed by atoms with Crippen LogP contribution in [-0.4, -0.2) is 9.97 Å². The van der Waals surface area contributed by atoms with Crippen LogP contribution in [0, 0.1) is 6.92 Å². The van der Waals surface area contributed by atoms with Crippen LogP contribution in [-0.2, 0) is 6.42 Å². The molecule has 0 saturated heterocycles. The average molecular weight is 354 g/mol. The topological polar surface area (TPSA) is 75.9 Å². The molecule has 4 N–H and O–H groups in total. The maximum atomic E-state index is 6.27. The van der Waals surface area contributed by atoms with E-state index in [2.05, 4.69) is 33.6 Å². The number of rotatable bonds is 5. The van der Waals surface area contributed by atoms with E-state index in [1.54, 1.807) is 0 Å². The number of para-hydroxylation sites is 1. The minimum Gasteiger partial charge on any atom is -0.393 e. The van der Waals surface area contributed by atoms with Crippen molar-refractivity contribution in [3.05, 3.63) is 64.9 Å².